The minimum absolute atomic E-state index is 0.0547. The van der Waals surface area contributed by atoms with E-state index in [0.717, 1.165) is 16.3 Å². The summed E-state index contributed by atoms with van der Waals surface area (Å²) >= 11 is 0. The number of fused-ring (bicyclic) bond motifs is 1. The Morgan fingerprint density at radius 3 is 2.46 bits per heavy atom. The van der Waals surface area contributed by atoms with Gasteiger partial charge in [0, 0.05) is 10.3 Å². The molecule has 120 valence electrons. The van der Waals surface area contributed by atoms with Crippen molar-refractivity contribution in [3.8, 4) is 5.75 Å². The summed E-state index contributed by atoms with van der Waals surface area (Å²) in [6.07, 6.45) is -1.57. The van der Waals surface area contributed by atoms with Gasteiger partial charge in [0.1, 0.15) is 18.0 Å². The summed E-state index contributed by atoms with van der Waals surface area (Å²) in [6.45, 7) is -0.0547. The topological polar surface area (TPSA) is 78.2 Å². The molecule has 2 atom stereocenters. The maximum absolute atomic E-state index is 10.4. The number of benzene rings is 3. The predicted molar refractivity (Wildman–Crippen MR) is 93.8 cm³/mol. The predicted octanol–water partition coefficient (Wildman–Crippen LogP) is 4.63. The summed E-state index contributed by atoms with van der Waals surface area (Å²) < 4.78 is 6.14. The molecule has 0 bridgehead atoms. The van der Waals surface area contributed by atoms with Gasteiger partial charge in [0.2, 0.25) is 0 Å². The van der Waals surface area contributed by atoms with Gasteiger partial charge in [0.15, 0.2) is 0 Å². The van der Waals surface area contributed by atoms with Gasteiger partial charge in [-0.1, -0.05) is 71.8 Å². The number of aliphatic hydroxyl groups is 1. The van der Waals surface area contributed by atoms with Crippen LogP contribution >= 0.6 is 0 Å². The van der Waals surface area contributed by atoms with Gasteiger partial charge < -0.3 is 9.84 Å². The largest absolute Gasteiger partial charge is 0.482 e. The summed E-state index contributed by atoms with van der Waals surface area (Å²) in [5.41, 5.74) is 9.33. The van der Waals surface area contributed by atoms with Crippen molar-refractivity contribution in [1.82, 2.24) is 0 Å². The van der Waals surface area contributed by atoms with Crippen molar-refractivity contribution in [2.45, 2.75) is 12.2 Å². The fraction of sp³-hybridized carbons (Fsp3) is 0.158. The molecular formula is C19H17N3O2. The molecule has 0 unspecified atom stereocenters. The summed E-state index contributed by atoms with van der Waals surface area (Å²) in [5, 5.41) is 15.9. The van der Waals surface area contributed by atoms with E-state index in [9.17, 15) is 5.11 Å². The van der Waals surface area contributed by atoms with Gasteiger partial charge in [0.05, 0.1) is 6.54 Å². The molecule has 0 amide bonds. The van der Waals surface area contributed by atoms with Gasteiger partial charge in [-0.05, 0) is 22.5 Å². The third kappa shape index (κ3) is 3.49. The molecule has 3 aromatic carbocycles. The first-order valence-electron chi connectivity index (χ1n) is 7.68. The van der Waals surface area contributed by atoms with Gasteiger partial charge in [-0.25, -0.2) is 0 Å². The molecule has 0 saturated carbocycles. The van der Waals surface area contributed by atoms with E-state index in [2.05, 4.69) is 10.0 Å². The standard InChI is InChI=1S/C19H17N3O2/c20-22-21-13-17(23)19(15-8-2-1-3-9-15)24-18-12-6-10-14-7-4-5-11-16(14)18/h1-12,17,19,23H,13H2/t17-,19+/m0/s1. The second-order valence-corrected chi connectivity index (χ2v) is 5.41. The number of azide groups is 1. The highest BCUT2D eigenvalue weighted by Gasteiger charge is 2.23. The summed E-state index contributed by atoms with van der Waals surface area (Å²) in [4.78, 5) is 2.72. The molecule has 5 heteroatoms. The fourth-order valence-electron chi connectivity index (χ4n) is 2.66. The minimum atomic E-state index is -0.942. The van der Waals surface area contributed by atoms with E-state index in [-0.39, 0.29) is 6.54 Å². The smallest absolute Gasteiger partial charge is 0.150 e. The van der Waals surface area contributed by atoms with Crippen molar-refractivity contribution in [3.63, 3.8) is 0 Å². The molecule has 0 saturated heterocycles. The zero-order chi connectivity index (χ0) is 16.8. The number of hydrogen-bond donors (Lipinski definition) is 1. The maximum Gasteiger partial charge on any atom is 0.150 e. The van der Waals surface area contributed by atoms with Gasteiger partial charge >= 0.3 is 0 Å². The molecule has 5 nitrogen and oxygen atoms in total. The van der Waals surface area contributed by atoms with E-state index in [1.165, 1.54) is 0 Å². The molecule has 0 radical (unpaired) electrons. The molecule has 0 aromatic heterocycles. The Bertz CT molecular complexity index is 855. The molecular weight excluding hydrogens is 302 g/mol. The van der Waals surface area contributed by atoms with Gasteiger partial charge in [0.25, 0.3) is 0 Å². The second kappa shape index (κ2) is 7.51. The maximum atomic E-state index is 10.4. The van der Waals surface area contributed by atoms with Crippen LogP contribution in [0.4, 0.5) is 0 Å². The monoisotopic (exact) mass is 319 g/mol. The Kier molecular flexibility index (Phi) is 4.96. The highest BCUT2D eigenvalue weighted by molar-refractivity contribution is 5.88. The molecule has 0 heterocycles. The lowest BCUT2D eigenvalue weighted by atomic mass is 10.0. The van der Waals surface area contributed by atoms with Crippen LogP contribution in [-0.4, -0.2) is 17.8 Å². The minimum Gasteiger partial charge on any atom is -0.482 e. The van der Waals surface area contributed by atoms with Crippen molar-refractivity contribution in [2.24, 2.45) is 5.11 Å². The lowest BCUT2D eigenvalue weighted by molar-refractivity contribution is 0.0424. The number of rotatable bonds is 6. The van der Waals surface area contributed by atoms with Crippen LogP contribution in [0.15, 0.2) is 77.9 Å². The molecule has 1 N–H and O–H groups in total. The Balaban J connectivity index is 1.98. The number of nitrogens with zero attached hydrogens (tertiary/aromatic N) is 3. The van der Waals surface area contributed by atoms with E-state index < -0.39 is 12.2 Å². The Morgan fingerprint density at radius 1 is 0.958 bits per heavy atom. The first kappa shape index (κ1) is 15.9. The lowest BCUT2D eigenvalue weighted by Crippen LogP contribution is -2.26. The van der Waals surface area contributed by atoms with Crippen LogP contribution in [0, 0.1) is 0 Å². The Labute approximate surface area is 139 Å². The normalized spacial score (nSPS) is 13.0. The SMILES string of the molecule is [N-]=[N+]=NC[C@H](O)[C@H](Oc1cccc2ccccc12)c1ccccc1. The third-order valence-corrected chi connectivity index (χ3v) is 3.81. The van der Waals surface area contributed by atoms with Crippen LogP contribution in [0.2, 0.25) is 0 Å². The molecule has 3 rings (SSSR count). The van der Waals surface area contributed by atoms with Gasteiger partial charge in [-0.3, -0.25) is 0 Å². The average molecular weight is 319 g/mol. The van der Waals surface area contributed by atoms with Crippen LogP contribution in [0.3, 0.4) is 0 Å². The quantitative estimate of drug-likeness (QED) is 0.408. The molecule has 0 aliphatic rings. The van der Waals surface area contributed by atoms with Crippen molar-refractivity contribution in [2.75, 3.05) is 6.54 Å². The average Bonchev–Trinajstić information content (AvgIpc) is 2.65. The second-order valence-electron chi connectivity index (χ2n) is 5.41. The third-order valence-electron chi connectivity index (χ3n) is 3.81. The molecule has 24 heavy (non-hydrogen) atoms. The molecule has 0 aliphatic heterocycles. The number of ether oxygens (including phenoxy) is 1. The van der Waals surface area contributed by atoms with Crippen LogP contribution < -0.4 is 4.74 Å². The van der Waals surface area contributed by atoms with E-state index in [0.29, 0.717) is 5.75 Å². The Morgan fingerprint density at radius 2 is 1.67 bits per heavy atom. The Hall–Kier alpha value is -3.01. The first-order valence-corrected chi connectivity index (χ1v) is 7.68. The van der Waals surface area contributed by atoms with Crippen LogP contribution in [0.1, 0.15) is 11.7 Å². The summed E-state index contributed by atoms with van der Waals surface area (Å²) in [7, 11) is 0. The van der Waals surface area contributed by atoms with E-state index in [1.807, 2.05) is 72.8 Å². The van der Waals surface area contributed by atoms with Crippen molar-refractivity contribution in [1.29, 1.82) is 0 Å². The van der Waals surface area contributed by atoms with Gasteiger partial charge in [-0.15, -0.1) is 0 Å². The summed E-state index contributed by atoms with van der Waals surface area (Å²) in [5.74, 6) is 0.682. The molecule has 0 aliphatic carbocycles. The van der Waals surface area contributed by atoms with Crippen LogP contribution in [-0.2, 0) is 0 Å². The highest BCUT2D eigenvalue weighted by atomic mass is 16.5. The number of aliphatic hydroxyl groups excluding tert-OH is 1. The summed E-state index contributed by atoms with van der Waals surface area (Å²) in [6, 6.07) is 23.1. The van der Waals surface area contributed by atoms with E-state index in [4.69, 9.17) is 10.3 Å². The van der Waals surface area contributed by atoms with Crippen molar-refractivity contribution < 1.29 is 9.84 Å². The number of hydrogen-bond acceptors (Lipinski definition) is 3. The molecule has 0 fully saturated rings. The lowest BCUT2D eigenvalue weighted by Gasteiger charge is -2.24. The zero-order valence-electron chi connectivity index (χ0n) is 13.0. The van der Waals surface area contributed by atoms with Crippen LogP contribution in [0.5, 0.6) is 5.75 Å². The molecule has 0 spiro atoms. The van der Waals surface area contributed by atoms with Gasteiger partial charge in [-0.2, -0.15) is 0 Å². The highest BCUT2D eigenvalue weighted by Crippen LogP contribution is 2.31. The van der Waals surface area contributed by atoms with Crippen molar-refractivity contribution in [3.05, 3.63) is 88.8 Å². The fourth-order valence-corrected chi connectivity index (χ4v) is 2.66. The van der Waals surface area contributed by atoms with E-state index in [1.54, 1.807) is 0 Å². The molecule has 3 aromatic rings. The van der Waals surface area contributed by atoms with Crippen molar-refractivity contribution >= 4 is 10.8 Å². The van der Waals surface area contributed by atoms with E-state index >= 15 is 0 Å². The van der Waals surface area contributed by atoms with Crippen LogP contribution in [0.25, 0.3) is 21.2 Å². The first-order chi connectivity index (χ1) is 11.8. The zero-order valence-corrected chi connectivity index (χ0v) is 13.0.